The summed E-state index contributed by atoms with van der Waals surface area (Å²) in [5.41, 5.74) is 0.665. The topological polar surface area (TPSA) is 89.9 Å². The van der Waals surface area contributed by atoms with E-state index in [9.17, 15) is 14.7 Å². The molecule has 0 aliphatic carbocycles. The number of carbonyl (C=O) groups excluding carboxylic acids is 1. The van der Waals surface area contributed by atoms with Crippen LogP contribution in [-0.4, -0.2) is 35.8 Å². The van der Waals surface area contributed by atoms with E-state index >= 15 is 0 Å². The maximum atomic E-state index is 11.9. The van der Waals surface area contributed by atoms with Gasteiger partial charge >= 0.3 is 12.0 Å². The number of carboxylic acid groups (broad SMARTS) is 1. The number of hydrogen-bond acceptors (Lipinski definition) is 3. The molecule has 0 aromatic heterocycles. The molecule has 20 heavy (non-hydrogen) atoms. The van der Waals surface area contributed by atoms with Crippen LogP contribution in [0.25, 0.3) is 0 Å². The van der Waals surface area contributed by atoms with E-state index in [4.69, 9.17) is 5.11 Å². The lowest BCUT2D eigenvalue weighted by Crippen LogP contribution is -2.39. The van der Waals surface area contributed by atoms with Crippen LogP contribution in [0.15, 0.2) is 24.3 Å². The van der Waals surface area contributed by atoms with Crippen LogP contribution in [0.5, 0.6) is 5.75 Å². The van der Waals surface area contributed by atoms with Crippen LogP contribution in [0.4, 0.5) is 10.5 Å². The van der Waals surface area contributed by atoms with Gasteiger partial charge in [0.05, 0.1) is 0 Å². The van der Waals surface area contributed by atoms with E-state index in [1.54, 1.807) is 19.2 Å². The summed E-state index contributed by atoms with van der Waals surface area (Å²) in [5.74, 6) is -0.586. The van der Waals surface area contributed by atoms with Crippen molar-refractivity contribution < 1.29 is 19.8 Å². The second-order valence-corrected chi connectivity index (χ2v) is 4.80. The predicted octanol–water partition coefficient (Wildman–Crippen LogP) is 2.04. The molecule has 0 saturated carbocycles. The van der Waals surface area contributed by atoms with Gasteiger partial charge in [-0.15, -0.1) is 0 Å². The highest BCUT2D eigenvalue weighted by Crippen LogP contribution is 2.17. The van der Waals surface area contributed by atoms with Crippen LogP contribution >= 0.6 is 0 Å². The summed E-state index contributed by atoms with van der Waals surface area (Å²) in [4.78, 5) is 23.8. The molecule has 0 spiro atoms. The molecule has 1 unspecified atom stereocenters. The quantitative estimate of drug-likeness (QED) is 0.743. The highest BCUT2D eigenvalue weighted by Gasteiger charge is 2.12. The molecule has 0 saturated heterocycles. The number of amides is 2. The van der Waals surface area contributed by atoms with Crippen molar-refractivity contribution >= 4 is 17.7 Å². The Morgan fingerprint density at radius 2 is 1.90 bits per heavy atom. The maximum absolute atomic E-state index is 11.9. The minimum atomic E-state index is -0.829. The third kappa shape index (κ3) is 5.17. The first kappa shape index (κ1) is 15.8. The van der Waals surface area contributed by atoms with Crippen molar-refractivity contribution in [3.05, 3.63) is 24.3 Å². The number of phenols is 1. The van der Waals surface area contributed by atoms with E-state index in [-0.39, 0.29) is 24.1 Å². The van der Waals surface area contributed by atoms with Crippen molar-refractivity contribution in [2.24, 2.45) is 5.92 Å². The van der Waals surface area contributed by atoms with Crippen LogP contribution in [0.1, 0.15) is 19.8 Å². The fourth-order valence-corrected chi connectivity index (χ4v) is 1.65. The Bertz CT molecular complexity index is 459. The first-order valence-corrected chi connectivity index (χ1v) is 6.42. The number of nitrogens with one attached hydrogen (secondary N) is 1. The molecule has 1 aromatic rings. The summed E-state index contributed by atoms with van der Waals surface area (Å²) in [6.45, 7) is 2.32. The molecule has 1 rings (SSSR count). The van der Waals surface area contributed by atoms with E-state index in [0.717, 1.165) is 0 Å². The molecule has 6 heteroatoms. The summed E-state index contributed by atoms with van der Waals surface area (Å²) in [6.07, 6.45) is 0.628. The van der Waals surface area contributed by atoms with Crippen molar-refractivity contribution in [3.63, 3.8) is 0 Å². The minimum Gasteiger partial charge on any atom is -0.508 e. The zero-order valence-corrected chi connectivity index (χ0v) is 11.7. The van der Waals surface area contributed by atoms with Crippen LogP contribution in [-0.2, 0) is 4.79 Å². The van der Waals surface area contributed by atoms with Crippen LogP contribution in [0.3, 0.4) is 0 Å². The molecule has 110 valence electrons. The number of anilines is 1. The standard InChI is InChI=1S/C14H20N2O4/c1-10(3-8-13(18)19)9-15-14(20)16(2)11-4-6-12(17)7-5-11/h4-7,10,17H,3,8-9H2,1-2H3,(H,15,20)(H,18,19). The third-order valence-corrected chi connectivity index (χ3v) is 2.99. The molecule has 2 amide bonds. The lowest BCUT2D eigenvalue weighted by molar-refractivity contribution is -0.137. The van der Waals surface area contributed by atoms with Gasteiger partial charge in [-0.2, -0.15) is 0 Å². The second kappa shape index (κ2) is 7.37. The van der Waals surface area contributed by atoms with Gasteiger partial charge in [0.2, 0.25) is 0 Å². The largest absolute Gasteiger partial charge is 0.508 e. The van der Waals surface area contributed by atoms with E-state index in [2.05, 4.69) is 5.32 Å². The Labute approximate surface area is 118 Å². The van der Waals surface area contributed by atoms with Gasteiger partial charge in [0.25, 0.3) is 0 Å². The lowest BCUT2D eigenvalue weighted by Gasteiger charge is -2.19. The van der Waals surface area contributed by atoms with Crippen molar-refractivity contribution in [1.82, 2.24) is 5.32 Å². The van der Waals surface area contributed by atoms with Crippen molar-refractivity contribution in [1.29, 1.82) is 0 Å². The van der Waals surface area contributed by atoms with E-state index in [1.807, 2.05) is 6.92 Å². The zero-order chi connectivity index (χ0) is 15.1. The molecule has 0 aliphatic rings. The monoisotopic (exact) mass is 280 g/mol. The highest BCUT2D eigenvalue weighted by atomic mass is 16.4. The molecule has 1 aromatic carbocycles. The molecular weight excluding hydrogens is 260 g/mol. The molecule has 3 N–H and O–H groups in total. The van der Waals surface area contributed by atoms with Gasteiger partial charge < -0.3 is 15.5 Å². The number of carbonyl (C=O) groups is 2. The van der Waals surface area contributed by atoms with Gasteiger partial charge in [-0.25, -0.2) is 4.79 Å². The Kier molecular flexibility index (Phi) is 5.83. The number of aromatic hydroxyl groups is 1. The fourth-order valence-electron chi connectivity index (χ4n) is 1.65. The number of nitrogens with zero attached hydrogens (tertiary/aromatic N) is 1. The summed E-state index contributed by atoms with van der Waals surface area (Å²) in [5, 5.41) is 20.5. The molecule has 0 radical (unpaired) electrons. The normalized spacial score (nSPS) is 11.7. The first-order chi connectivity index (χ1) is 9.40. The van der Waals surface area contributed by atoms with Gasteiger partial charge in [-0.1, -0.05) is 6.92 Å². The molecule has 1 atom stereocenters. The minimum absolute atomic E-state index is 0.100. The number of hydrogen-bond donors (Lipinski definition) is 3. The second-order valence-electron chi connectivity index (χ2n) is 4.80. The molecule has 0 fully saturated rings. The number of carboxylic acids is 1. The molecule has 0 heterocycles. The fraction of sp³-hybridized carbons (Fsp3) is 0.429. The Balaban J connectivity index is 2.42. The summed E-state index contributed by atoms with van der Waals surface area (Å²) in [7, 11) is 1.63. The predicted molar refractivity (Wildman–Crippen MR) is 75.9 cm³/mol. The molecule has 0 bridgehead atoms. The van der Waals surface area contributed by atoms with Gasteiger partial charge in [0.1, 0.15) is 5.75 Å². The van der Waals surface area contributed by atoms with Crippen LogP contribution in [0.2, 0.25) is 0 Å². The van der Waals surface area contributed by atoms with Gasteiger partial charge in [-0.3, -0.25) is 9.69 Å². The number of benzene rings is 1. The number of phenolic OH excluding ortho intramolecular Hbond substituents is 1. The Morgan fingerprint density at radius 1 is 1.30 bits per heavy atom. The number of rotatable bonds is 6. The average Bonchev–Trinajstić information content (AvgIpc) is 2.42. The highest BCUT2D eigenvalue weighted by molar-refractivity contribution is 5.91. The van der Waals surface area contributed by atoms with Crippen molar-refractivity contribution in [3.8, 4) is 5.75 Å². The van der Waals surface area contributed by atoms with Crippen LogP contribution in [0, 0.1) is 5.92 Å². The number of aliphatic carboxylic acids is 1. The Morgan fingerprint density at radius 3 is 2.45 bits per heavy atom. The molecule has 6 nitrogen and oxygen atoms in total. The lowest BCUT2D eigenvalue weighted by atomic mass is 10.1. The van der Waals surface area contributed by atoms with Crippen LogP contribution < -0.4 is 10.2 Å². The van der Waals surface area contributed by atoms with E-state index in [1.165, 1.54) is 17.0 Å². The smallest absolute Gasteiger partial charge is 0.321 e. The average molecular weight is 280 g/mol. The van der Waals surface area contributed by atoms with Gasteiger partial charge in [0.15, 0.2) is 0 Å². The van der Waals surface area contributed by atoms with E-state index in [0.29, 0.717) is 18.7 Å². The van der Waals surface area contributed by atoms with Gasteiger partial charge in [-0.05, 0) is 36.6 Å². The third-order valence-electron chi connectivity index (χ3n) is 2.99. The van der Waals surface area contributed by atoms with E-state index < -0.39 is 5.97 Å². The summed E-state index contributed by atoms with van der Waals surface area (Å²) >= 11 is 0. The first-order valence-electron chi connectivity index (χ1n) is 6.42. The summed E-state index contributed by atoms with van der Waals surface area (Å²) in [6, 6.07) is 6.03. The maximum Gasteiger partial charge on any atom is 0.321 e. The van der Waals surface area contributed by atoms with Crippen molar-refractivity contribution in [2.75, 3.05) is 18.5 Å². The van der Waals surface area contributed by atoms with Crippen molar-refractivity contribution in [2.45, 2.75) is 19.8 Å². The van der Waals surface area contributed by atoms with Gasteiger partial charge in [0, 0.05) is 25.7 Å². The zero-order valence-electron chi connectivity index (χ0n) is 11.7. The molecule has 0 aliphatic heterocycles. The SMILES string of the molecule is CC(CCC(=O)O)CNC(=O)N(C)c1ccc(O)cc1. The number of urea groups is 1. The Hall–Kier alpha value is -2.24. The molecular formula is C14H20N2O4. The summed E-state index contributed by atoms with van der Waals surface area (Å²) < 4.78 is 0.